The minimum absolute atomic E-state index is 0. The van der Waals surface area contributed by atoms with Crippen molar-refractivity contribution in [3.63, 3.8) is 0 Å². The van der Waals surface area contributed by atoms with Crippen LogP contribution in [0.25, 0.3) is 0 Å². The summed E-state index contributed by atoms with van der Waals surface area (Å²) >= 11 is 0. The van der Waals surface area contributed by atoms with Crippen molar-refractivity contribution in [3.8, 4) is 0 Å². The van der Waals surface area contributed by atoms with E-state index >= 15 is 0 Å². The van der Waals surface area contributed by atoms with Crippen molar-refractivity contribution in [2.24, 2.45) is 5.92 Å². The number of methoxy groups -OCH3 is 1. The van der Waals surface area contributed by atoms with Crippen LogP contribution in [0.3, 0.4) is 0 Å². The van der Waals surface area contributed by atoms with Gasteiger partial charge in [0.1, 0.15) is 0 Å². The maximum Gasteiger partial charge on any atom is 0.290 e. The van der Waals surface area contributed by atoms with Crippen LogP contribution in [0.2, 0.25) is 0 Å². The molecule has 4 nitrogen and oxygen atoms in total. The third-order valence-corrected chi connectivity index (χ3v) is 2.68. The lowest BCUT2D eigenvalue weighted by atomic mass is 9.88. The highest BCUT2D eigenvalue weighted by Gasteiger charge is 2.20. The highest BCUT2D eigenvalue weighted by atomic mass is 16.4. The first-order valence-electron chi connectivity index (χ1n) is 9.52. The van der Waals surface area contributed by atoms with Crippen LogP contribution in [-0.2, 0) is 9.53 Å². The zero-order valence-electron chi connectivity index (χ0n) is 19.5. The third kappa shape index (κ3) is 77.0. The Morgan fingerprint density at radius 2 is 1.42 bits per heavy atom. The van der Waals surface area contributed by atoms with Gasteiger partial charge in [-0.25, -0.2) is 0 Å². The summed E-state index contributed by atoms with van der Waals surface area (Å²) in [6.07, 6.45) is 6.94. The Morgan fingerprint density at radius 1 is 1.15 bits per heavy atom. The van der Waals surface area contributed by atoms with Crippen molar-refractivity contribution in [1.29, 1.82) is 0 Å². The fourth-order valence-electron chi connectivity index (χ4n) is 1.53. The predicted octanol–water partition coefficient (Wildman–Crippen LogP) is 7.05. The van der Waals surface area contributed by atoms with Crippen molar-refractivity contribution >= 4 is 6.47 Å². The molecule has 0 aromatic heterocycles. The molecule has 1 unspecified atom stereocenters. The highest BCUT2D eigenvalue weighted by molar-refractivity contribution is 5.32. The van der Waals surface area contributed by atoms with Gasteiger partial charge in [-0.15, -0.1) is 6.58 Å². The molecule has 0 rings (SSSR count). The summed E-state index contributed by atoms with van der Waals surface area (Å²) in [6.45, 7) is 22.2. The monoisotopic (exact) mass is 381 g/mol. The number of carbonyl (C=O) groups is 1. The topological polar surface area (TPSA) is 58.6 Å². The molecular formula is C22H55NO3. The van der Waals surface area contributed by atoms with Gasteiger partial charge in [0.05, 0.1) is 0 Å². The number of ether oxygens (including phenoxy) is 1. The van der Waals surface area contributed by atoms with E-state index in [1.54, 1.807) is 20.3 Å². The number of allylic oxidation sites excluding steroid dienone is 1. The van der Waals surface area contributed by atoms with Gasteiger partial charge in [-0.2, -0.15) is 0 Å². The number of rotatable bonds is 6. The van der Waals surface area contributed by atoms with Crippen molar-refractivity contribution in [2.75, 3.05) is 21.3 Å². The summed E-state index contributed by atoms with van der Waals surface area (Å²) in [6, 6.07) is 0. The van der Waals surface area contributed by atoms with E-state index in [1.807, 2.05) is 34.6 Å². The summed E-state index contributed by atoms with van der Waals surface area (Å²) in [5, 5.41) is 10.3. The molecule has 0 amide bonds. The Morgan fingerprint density at radius 3 is 1.58 bits per heavy atom. The molecule has 0 bridgehead atoms. The largest absolute Gasteiger partial charge is 0.483 e. The minimum Gasteiger partial charge on any atom is -0.483 e. The van der Waals surface area contributed by atoms with E-state index in [4.69, 9.17) is 9.90 Å². The van der Waals surface area contributed by atoms with Gasteiger partial charge < -0.3 is 15.2 Å². The molecule has 0 radical (unpaired) electrons. The van der Waals surface area contributed by atoms with Gasteiger partial charge in [0.15, 0.2) is 0 Å². The normalized spacial score (nSPS) is 9.73. The van der Waals surface area contributed by atoms with Gasteiger partial charge >= 0.3 is 0 Å². The molecule has 0 aromatic carbocycles. The van der Waals surface area contributed by atoms with Crippen LogP contribution in [0.5, 0.6) is 0 Å². The summed E-state index contributed by atoms with van der Waals surface area (Å²) < 4.78 is 4.25. The lowest BCUT2D eigenvalue weighted by Gasteiger charge is -2.29. The van der Waals surface area contributed by atoms with E-state index in [0.717, 1.165) is 5.92 Å². The number of nitrogens with one attached hydrogen (secondary N) is 1. The van der Waals surface area contributed by atoms with Gasteiger partial charge in [-0.3, -0.25) is 4.79 Å². The maximum absolute atomic E-state index is 8.36. The lowest BCUT2D eigenvalue weighted by molar-refractivity contribution is -0.122. The van der Waals surface area contributed by atoms with Crippen LogP contribution in [0, 0.1) is 5.92 Å². The molecule has 1 atom stereocenters. The van der Waals surface area contributed by atoms with Gasteiger partial charge in [0.2, 0.25) is 0 Å². The quantitative estimate of drug-likeness (QED) is 0.382. The molecular weight excluding hydrogens is 326 g/mol. The standard InChI is InChI=1S/C11H25N.C3H6.C2H6O.2C2H6.CH2O2.CH4/c1-6-8-11(4,12-5)9-7-10(2)3;2*1-3-2;2*1-2;2-1-3;/h10,12H,6-9H2,1-5H3;3H,1H2,2H3;1-2H3;2*1-2H3;1H,(H,2,3);1H4. The van der Waals surface area contributed by atoms with E-state index in [-0.39, 0.29) is 13.9 Å². The maximum atomic E-state index is 8.36. The molecule has 0 aliphatic carbocycles. The fraction of sp³-hybridized carbons (Fsp3) is 0.864. The zero-order valence-corrected chi connectivity index (χ0v) is 19.5. The molecule has 0 heterocycles. The molecule has 0 saturated heterocycles. The molecule has 166 valence electrons. The molecule has 0 saturated carbocycles. The Hall–Kier alpha value is -0.870. The van der Waals surface area contributed by atoms with E-state index in [9.17, 15) is 0 Å². The molecule has 26 heavy (non-hydrogen) atoms. The number of hydrogen-bond acceptors (Lipinski definition) is 3. The van der Waals surface area contributed by atoms with Gasteiger partial charge in [-0.05, 0) is 46.1 Å². The Labute approximate surface area is 167 Å². The predicted molar refractivity (Wildman–Crippen MR) is 123 cm³/mol. The number of carboxylic acid groups (broad SMARTS) is 1. The minimum atomic E-state index is -0.250. The fourth-order valence-corrected chi connectivity index (χ4v) is 1.53. The summed E-state index contributed by atoms with van der Waals surface area (Å²) in [4.78, 5) is 8.36. The average Bonchev–Trinajstić information content (AvgIpc) is 2.59. The molecule has 0 aliphatic heterocycles. The summed E-state index contributed by atoms with van der Waals surface area (Å²) in [7, 11) is 5.33. The molecule has 0 aromatic rings. The van der Waals surface area contributed by atoms with E-state index < -0.39 is 0 Å². The second-order valence-electron chi connectivity index (χ2n) is 5.42. The molecule has 0 spiro atoms. The smallest absolute Gasteiger partial charge is 0.290 e. The molecule has 2 N–H and O–H groups in total. The van der Waals surface area contributed by atoms with Crippen molar-refractivity contribution in [1.82, 2.24) is 5.32 Å². The van der Waals surface area contributed by atoms with Gasteiger partial charge in [0.25, 0.3) is 6.47 Å². The first-order chi connectivity index (χ1) is 11.8. The molecule has 4 heteroatoms. The summed E-state index contributed by atoms with van der Waals surface area (Å²) in [5.41, 5.74) is 0.374. The third-order valence-electron chi connectivity index (χ3n) is 2.68. The lowest BCUT2D eigenvalue weighted by Crippen LogP contribution is -2.39. The van der Waals surface area contributed by atoms with Crippen LogP contribution in [0.4, 0.5) is 0 Å². The van der Waals surface area contributed by atoms with Crippen molar-refractivity contribution < 1.29 is 14.6 Å². The van der Waals surface area contributed by atoms with Crippen LogP contribution in [0.15, 0.2) is 12.7 Å². The van der Waals surface area contributed by atoms with E-state index in [2.05, 4.69) is 51.4 Å². The second kappa shape index (κ2) is 49.6. The second-order valence-corrected chi connectivity index (χ2v) is 5.42. The molecule has 0 aliphatic rings. The van der Waals surface area contributed by atoms with Crippen molar-refractivity contribution in [2.45, 2.75) is 101 Å². The van der Waals surface area contributed by atoms with Crippen molar-refractivity contribution in [3.05, 3.63) is 12.7 Å². The average molecular weight is 382 g/mol. The van der Waals surface area contributed by atoms with E-state index in [0.29, 0.717) is 5.54 Å². The number of hydrogen-bond donors (Lipinski definition) is 2. The van der Waals surface area contributed by atoms with Gasteiger partial charge in [-0.1, -0.05) is 68.4 Å². The highest BCUT2D eigenvalue weighted by Crippen LogP contribution is 2.20. The zero-order chi connectivity index (χ0) is 21.7. The van der Waals surface area contributed by atoms with Crippen LogP contribution >= 0.6 is 0 Å². The van der Waals surface area contributed by atoms with Crippen LogP contribution in [0.1, 0.15) is 95.4 Å². The first kappa shape index (κ1) is 44.5. The summed E-state index contributed by atoms with van der Waals surface area (Å²) in [5.74, 6) is 0.828. The van der Waals surface area contributed by atoms with Crippen LogP contribution in [-0.4, -0.2) is 38.4 Å². The molecule has 0 fully saturated rings. The Balaban J connectivity index is -0.0000000429. The Bertz CT molecular complexity index is 192. The van der Waals surface area contributed by atoms with Gasteiger partial charge in [0, 0.05) is 19.8 Å². The first-order valence-corrected chi connectivity index (χ1v) is 9.52. The SMILES string of the molecule is C.C=CC.CC.CC.CCCC(C)(CCC(C)C)NC.COC.O=CO. The Kier molecular flexibility index (Phi) is 85.0. The van der Waals surface area contributed by atoms with E-state index in [1.165, 1.54) is 25.7 Å². The van der Waals surface area contributed by atoms with Crippen LogP contribution < -0.4 is 5.32 Å².